The van der Waals surface area contributed by atoms with Crippen LogP contribution in [0.1, 0.15) is 13.8 Å². The first-order chi connectivity index (χ1) is 16.4. The van der Waals surface area contributed by atoms with Gasteiger partial charge in [0.05, 0.1) is 23.9 Å². The molecule has 8 nitrogen and oxygen atoms in total. The fraction of sp³-hybridized carbons (Fsp3) is 0.320. The van der Waals surface area contributed by atoms with Gasteiger partial charge in [0.15, 0.2) is 5.65 Å². The molecule has 34 heavy (non-hydrogen) atoms. The normalized spacial score (nSPS) is 14.8. The summed E-state index contributed by atoms with van der Waals surface area (Å²) in [6.07, 6.45) is 0. The molecule has 1 saturated heterocycles. The molecule has 2 N–H and O–H groups in total. The topological polar surface area (TPSA) is 85.3 Å². The van der Waals surface area contributed by atoms with E-state index >= 15 is 0 Å². The number of hydrogen-bond acceptors (Lipinski definition) is 7. The second kappa shape index (κ2) is 9.12. The highest BCUT2D eigenvalue weighted by molar-refractivity contribution is 6.30. The molecule has 176 valence electrons. The number of nitrogen functional groups attached to an aromatic ring is 1. The predicted octanol–water partition coefficient (Wildman–Crippen LogP) is 4.26. The number of aromatic nitrogens is 4. The summed E-state index contributed by atoms with van der Waals surface area (Å²) in [5.41, 5.74) is 9.69. The van der Waals surface area contributed by atoms with Gasteiger partial charge < -0.3 is 15.4 Å². The van der Waals surface area contributed by atoms with Gasteiger partial charge in [-0.15, -0.1) is 5.10 Å². The quantitative estimate of drug-likeness (QED) is 0.459. The fourth-order valence-corrected chi connectivity index (χ4v) is 4.44. The summed E-state index contributed by atoms with van der Waals surface area (Å²) in [6, 6.07) is 15.7. The van der Waals surface area contributed by atoms with Crippen molar-refractivity contribution in [3.05, 3.63) is 53.6 Å². The van der Waals surface area contributed by atoms with Gasteiger partial charge in [-0.25, -0.2) is 9.67 Å². The Bertz CT molecular complexity index is 1290. The molecule has 3 heterocycles. The number of hydrogen-bond donors (Lipinski definition) is 1. The van der Waals surface area contributed by atoms with E-state index in [1.54, 1.807) is 11.8 Å². The molecule has 0 atom stereocenters. The van der Waals surface area contributed by atoms with Crippen LogP contribution in [0.25, 0.3) is 28.0 Å². The van der Waals surface area contributed by atoms with Crippen molar-refractivity contribution in [3.63, 3.8) is 0 Å². The third-order valence-electron chi connectivity index (χ3n) is 6.32. The molecule has 0 aliphatic carbocycles. The first kappa shape index (κ1) is 22.4. The molecule has 0 spiro atoms. The minimum atomic E-state index is 0.487. The minimum Gasteiger partial charge on any atom is -0.497 e. The number of methoxy groups -OCH3 is 1. The number of ether oxygens (including phenoxy) is 1. The molecule has 1 fully saturated rings. The highest BCUT2D eigenvalue weighted by Gasteiger charge is 2.24. The number of nitrogens with two attached hydrogens (primary N) is 1. The van der Waals surface area contributed by atoms with Crippen molar-refractivity contribution >= 4 is 34.4 Å². The molecule has 2 aromatic heterocycles. The first-order valence-corrected chi connectivity index (χ1v) is 11.8. The van der Waals surface area contributed by atoms with Crippen LogP contribution < -0.4 is 15.4 Å². The Morgan fingerprint density at radius 1 is 0.941 bits per heavy atom. The Balaban J connectivity index is 1.63. The number of halogens is 1. The Kier molecular flexibility index (Phi) is 6.02. The van der Waals surface area contributed by atoms with Crippen molar-refractivity contribution in [2.24, 2.45) is 0 Å². The van der Waals surface area contributed by atoms with Crippen LogP contribution in [-0.4, -0.2) is 64.0 Å². The zero-order chi connectivity index (χ0) is 23.8. The van der Waals surface area contributed by atoms with Crippen LogP contribution in [0.15, 0.2) is 48.5 Å². The van der Waals surface area contributed by atoms with Crippen molar-refractivity contribution in [2.45, 2.75) is 19.9 Å². The lowest BCUT2D eigenvalue weighted by Gasteiger charge is -2.36. The van der Waals surface area contributed by atoms with Crippen molar-refractivity contribution in [3.8, 4) is 22.7 Å². The van der Waals surface area contributed by atoms with Crippen molar-refractivity contribution in [1.82, 2.24) is 24.6 Å². The zero-order valence-corrected chi connectivity index (χ0v) is 20.3. The van der Waals surface area contributed by atoms with Gasteiger partial charge in [-0.2, -0.15) is 4.98 Å². The van der Waals surface area contributed by atoms with Crippen molar-refractivity contribution in [1.29, 1.82) is 0 Å². The van der Waals surface area contributed by atoms with Gasteiger partial charge in [0.2, 0.25) is 5.95 Å². The molecule has 2 aromatic carbocycles. The summed E-state index contributed by atoms with van der Waals surface area (Å²) in [5.74, 6) is 1.92. The zero-order valence-electron chi connectivity index (χ0n) is 19.6. The van der Waals surface area contributed by atoms with E-state index in [2.05, 4.69) is 23.6 Å². The molecule has 0 bridgehead atoms. The van der Waals surface area contributed by atoms with Gasteiger partial charge in [0.1, 0.15) is 11.6 Å². The van der Waals surface area contributed by atoms with E-state index < -0.39 is 0 Å². The molecule has 0 saturated carbocycles. The smallest absolute Gasteiger partial charge is 0.228 e. The Morgan fingerprint density at radius 3 is 2.24 bits per heavy atom. The number of nitrogens with zero attached hydrogens (tertiary/aromatic N) is 6. The van der Waals surface area contributed by atoms with Crippen LogP contribution in [0.3, 0.4) is 0 Å². The lowest BCUT2D eigenvalue weighted by atomic mass is 10.1. The second-order valence-corrected chi connectivity index (χ2v) is 9.13. The Labute approximate surface area is 203 Å². The maximum absolute atomic E-state index is 6.63. The van der Waals surface area contributed by atoms with Crippen LogP contribution >= 0.6 is 11.6 Å². The Hall–Kier alpha value is -3.36. The molecule has 0 unspecified atom stereocenters. The van der Waals surface area contributed by atoms with Gasteiger partial charge in [-0.1, -0.05) is 23.7 Å². The highest BCUT2D eigenvalue weighted by atomic mass is 35.5. The van der Waals surface area contributed by atoms with E-state index in [-0.39, 0.29) is 0 Å². The lowest BCUT2D eigenvalue weighted by molar-refractivity contribution is 0.208. The summed E-state index contributed by atoms with van der Waals surface area (Å²) in [7, 11) is 1.64. The number of benzene rings is 2. The van der Waals surface area contributed by atoms with E-state index in [0.29, 0.717) is 28.5 Å². The molecule has 5 rings (SSSR count). The summed E-state index contributed by atoms with van der Waals surface area (Å²) < 4.78 is 6.99. The van der Waals surface area contributed by atoms with Gasteiger partial charge in [0.25, 0.3) is 0 Å². The maximum Gasteiger partial charge on any atom is 0.228 e. The summed E-state index contributed by atoms with van der Waals surface area (Å²) >= 11 is 6.15. The van der Waals surface area contributed by atoms with Crippen LogP contribution in [0, 0.1) is 0 Å². The third-order valence-corrected chi connectivity index (χ3v) is 6.57. The average molecular weight is 478 g/mol. The van der Waals surface area contributed by atoms with E-state index in [4.69, 9.17) is 37.1 Å². The van der Waals surface area contributed by atoms with Crippen LogP contribution in [-0.2, 0) is 0 Å². The standard InChI is InChI=1S/C25H28ClN7O/c1-16(2)31-12-14-32(15-13-31)25-28-22(17-4-6-18(26)7-5-17)21-23(27)33(30-24(21)29-25)19-8-10-20(34-3)11-9-19/h4-11,16H,12-15,27H2,1-3H3. The number of piperazine rings is 1. The van der Waals surface area contributed by atoms with E-state index in [1.807, 2.05) is 48.5 Å². The molecular weight excluding hydrogens is 450 g/mol. The number of rotatable bonds is 5. The molecule has 9 heteroatoms. The van der Waals surface area contributed by atoms with E-state index in [9.17, 15) is 0 Å². The molecule has 4 aromatic rings. The molecule has 0 radical (unpaired) electrons. The monoisotopic (exact) mass is 477 g/mol. The van der Waals surface area contributed by atoms with Crippen molar-refractivity contribution in [2.75, 3.05) is 43.9 Å². The second-order valence-electron chi connectivity index (χ2n) is 8.69. The number of anilines is 2. The lowest BCUT2D eigenvalue weighted by Crippen LogP contribution is -2.49. The maximum atomic E-state index is 6.63. The third kappa shape index (κ3) is 4.15. The highest BCUT2D eigenvalue weighted by Crippen LogP contribution is 2.34. The molecule has 0 amide bonds. The van der Waals surface area contributed by atoms with Gasteiger partial charge >= 0.3 is 0 Å². The molecular formula is C25H28ClN7O. The van der Waals surface area contributed by atoms with Gasteiger partial charge in [-0.05, 0) is 50.2 Å². The first-order valence-electron chi connectivity index (χ1n) is 11.4. The molecule has 1 aliphatic rings. The van der Waals surface area contributed by atoms with E-state index in [1.165, 1.54) is 0 Å². The van der Waals surface area contributed by atoms with E-state index in [0.717, 1.165) is 54.3 Å². The van der Waals surface area contributed by atoms with Gasteiger partial charge in [-0.3, -0.25) is 4.90 Å². The van der Waals surface area contributed by atoms with Gasteiger partial charge in [0, 0.05) is 42.8 Å². The summed E-state index contributed by atoms with van der Waals surface area (Å²) in [6.45, 7) is 8.11. The summed E-state index contributed by atoms with van der Waals surface area (Å²) in [5, 5.41) is 6.17. The van der Waals surface area contributed by atoms with Crippen molar-refractivity contribution < 1.29 is 4.74 Å². The Morgan fingerprint density at radius 2 is 1.62 bits per heavy atom. The van der Waals surface area contributed by atoms with Crippen LogP contribution in [0.4, 0.5) is 11.8 Å². The SMILES string of the molecule is COc1ccc(-n2nc3nc(N4CCN(C(C)C)CC4)nc(-c4ccc(Cl)cc4)c3c2N)cc1. The average Bonchev–Trinajstić information content (AvgIpc) is 3.20. The fourth-order valence-electron chi connectivity index (χ4n) is 4.32. The number of fused-ring (bicyclic) bond motifs is 1. The predicted molar refractivity (Wildman–Crippen MR) is 137 cm³/mol. The summed E-state index contributed by atoms with van der Waals surface area (Å²) in [4.78, 5) is 14.5. The largest absolute Gasteiger partial charge is 0.497 e. The minimum absolute atomic E-state index is 0.487. The molecule has 1 aliphatic heterocycles. The van der Waals surface area contributed by atoms with Crippen LogP contribution in [0.2, 0.25) is 5.02 Å². The van der Waals surface area contributed by atoms with Crippen LogP contribution in [0.5, 0.6) is 5.75 Å².